The number of hydrogen-bond donors (Lipinski definition) is 0. The van der Waals surface area contributed by atoms with Gasteiger partial charge in [0.1, 0.15) is 5.82 Å². The molecule has 1 aliphatic heterocycles. The topological polar surface area (TPSA) is 75.4 Å². The van der Waals surface area contributed by atoms with Crippen LogP contribution in [0.1, 0.15) is 31.5 Å². The van der Waals surface area contributed by atoms with Crippen molar-refractivity contribution in [2.45, 2.75) is 32.6 Å². The van der Waals surface area contributed by atoms with E-state index < -0.39 is 0 Å². The van der Waals surface area contributed by atoms with Gasteiger partial charge in [-0.3, -0.25) is 4.79 Å². The van der Waals surface area contributed by atoms with Crippen molar-refractivity contribution >= 4 is 11.7 Å². The molecule has 1 saturated carbocycles. The first-order chi connectivity index (χ1) is 12.2. The van der Waals surface area contributed by atoms with Crippen LogP contribution in [-0.4, -0.2) is 52.1 Å². The smallest absolute Gasteiger partial charge is 0.261 e. The summed E-state index contributed by atoms with van der Waals surface area (Å²) in [4.78, 5) is 25.4. The fourth-order valence-electron chi connectivity index (χ4n) is 3.81. The Labute approximate surface area is 147 Å². The molecule has 25 heavy (non-hydrogen) atoms. The molecule has 1 amide bonds. The van der Waals surface area contributed by atoms with Crippen LogP contribution in [0.4, 0.5) is 5.82 Å². The fourth-order valence-corrected chi connectivity index (χ4v) is 3.81. The minimum Gasteiger partial charge on any atom is -0.345 e. The molecule has 0 radical (unpaired) electrons. The highest BCUT2D eigenvalue weighted by Crippen LogP contribution is 2.29. The lowest BCUT2D eigenvalue weighted by Crippen LogP contribution is -2.51. The van der Waals surface area contributed by atoms with Crippen molar-refractivity contribution in [1.29, 1.82) is 0 Å². The second-order valence-corrected chi connectivity index (χ2v) is 6.93. The summed E-state index contributed by atoms with van der Waals surface area (Å²) < 4.78 is 5.30. The van der Waals surface area contributed by atoms with Crippen molar-refractivity contribution in [3.63, 3.8) is 0 Å². The molecule has 7 nitrogen and oxygen atoms in total. The quantitative estimate of drug-likeness (QED) is 0.849. The van der Waals surface area contributed by atoms with Crippen molar-refractivity contribution in [2.24, 2.45) is 5.92 Å². The first kappa shape index (κ1) is 16.1. The highest BCUT2D eigenvalue weighted by Gasteiger charge is 2.29. The second kappa shape index (κ2) is 6.82. The van der Waals surface area contributed by atoms with Gasteiger partial charge in [-0.2, -0.15) is 4.98 Å². The first-order valence-electron chi connectivity index (χ1n) is 8.99. The third-order valence-corrected chi connectivity index (χ3v) is 5.12. The summed E-state index contributed by atoms with van der Waals surface area (Å²) in [6, 6.07) is 3.75. The van der Waals surface area contributed by atoms with Gasteiger partial charge < -0.3 is 14.3 Å². The van der Waals surface area contributed by atoms with E-state index in [4.69, 9.17) is 4.52 Å². The third kappa shape index (κ3) is 3.36. The summed E-state index contributed by atoms with van der Waals surface area (Å²) in [6.07, 6.45) is 6.86. The van der Waals surface area contributed by atoms with Crippen LogP contribution in [0.2, 0.25) is 0 Å². The molecule has 0 spiro atoms. The number of piperazine rings is 1. The summed E-state index contributed by atoms with van der Waals surface area (Å²) in [5.41, 5.74) is 0.778. The zero-order valence-corrected chi connectivity index (χ0v) is 14.5. The monoisotopic (exact) mass is 341 g/mol. The highest BCUT2D eigenvalue weighted by atomic mass is 16.5. The van der Waals surface area contributed by atoms with E-state index in [1.54, 1.807) is 13.1 Å². The molecule has 0 unspecified atom stereocenters. The van der Waals surface area contributed by atoms with E-state index in [2.05, 4.69) is 15.1 Å². The summed E-state index contributed by atoms with van der Waals surface area (Å²) in [7, 11) is 0. The maximum atomic E-state index is 12.6. The average Bonchev–Trinajstić information content (AvgIpc) is 3.28. The van der Waals surface area contributed by atoms with Crippen LogP contribution < -0.4 is 4.90 Å². The van der Waals surface area contributed by atoms with Gasteiger partial charge in [0.25, 0.3) is 5.89 Å². The van der Waals surface area contributed by atoms with Crippen molar-refractivity contribution < 1.29 is 9.32 Å². The lowest BCUT2D eigenvalue weighted by atomic mass is 10.1. The largest absolute Gasteiger partial charge is 0.345 e. The molecule has 2 aromatic rings. The van der Waals surface area contributed by atoms with Crippen molar-refractivity contribution in [3.05, 3.63) is 24.2 Å². The van der Waals surface area contributed by atoms with Gasteiger partial charge in [0.05, 0.1) is 12.1 Å². The SMILES string of the molecule is Cc1noc(-c2cccnc2N2CCN(CC3CCCC3)C(=O)C2)n1. The average molecular weight is 341 g/mol. The Morgan fingerprint density at radius 1 is 1.28 bits per heavy atom. The molecule has 7 heteroatoms. The standard InChI is InChI=1S/C18H23N5O2/c1-13-20-18(25-21-13)15-7-4-8-19-17(15)23-10-9-22(16(24)12-23)11-14-5-2-3-6-14/h4,7-8,14H,2-3,5-6,9-12H2,1H3. The maximum Gasteiger partial charge on any atom is 0.261 e. The molecule has 2 fully saturated rings. The predicted octanol–water partition coefficient (Wildman–Crippen LogP) is 2.28. The van der Waals surface area contributed by atoms with Gasteiger partial charge in [-0.05, 0) is 37.8 Å². The Kier molecular flexibility index (Phi) is 4.38. The summed E-state index contributed by atoms with van der Waals surface area (Å²) >= 11 is 0. The van der Waals surface area contributed by atoms with Crippen molar-refractivity contribution in [3.8, 4) is 11.5 Å². The Morgan fingerprint density at radius 3 is 2.84 bits per heavy atom. The zero-order valence-electron chi connectivity index (χ0n) is 14.5. The van der Waals surface area contributed by atoms with E-state index in [-0.39, 0.29) is 5.91 Å². The van der Waals surface area contributed by atoms with Crippen LogP contribution in [0.25, 0.3) is 11.5 Å². The van der Waals surface area contributed by atoms with E-state index in [0.29, 0.717) is 24.2 Å². The van der Waals surface area contributed by atoms with Gasteiger partial charge in [-0.15, -0.1) is 0 Å². The molecule has 0 bridgehead atoms. The predicted molar refractivity (Wildman–Crippen MR) is 93.0 cm³/mol. The molecule has 1 aliphatic carbocycles. The van der Waals surface area contributed by atoms with E-state index in [0.717, 1.165) is 31.0 Å². The van der Waals surface area contributed by atoms with Gasteiger partial charge in [-0.25, -0.2) is 4.98 Å². The maximum absolute atomic E-state index is 12.6. The second-order valence-electron chi connectivity index (χ2n) is 6.93. The summed E-state index contributed by atoms with van der Waals surface area (Å²) in [6.45, 7) is 4.56. The van der Waals surface area contributed by atoms with E-state index >= 15 is 0 Å². The molecule has 2 aliphatic rings. The van der Waals surface area contributed by atoms with Crippen LogP contribution in [-0.2, 0) is 4.79 Å². The molecule has 0 aromatic carbocycles. The summed E-state index contributed by atoms with van der Waals surface area (Å²) in [5.74, 6) is 2.63. The Hall–Kier alpha value is -2.44. The number of carbonyl (C=O) groups is 1. The van der Waals surface area contributed by atoms with Crippen LogP contribution in [0.15, 0.2) is 22.9 Å². The van der Waals surface area contributed by atoms with E-state index in [9.17, 15) is 4.79 Å². The molecule has 0 atom stereocenters. The highest BCUT2D eigenvalue weighted by molar-refractivity contribution is 5.84. The Morgan fingerprint density at radius 2 is 2.12 bits per heavy atom. The number of anilines is 1. The molecule has 2 aromatic heterocycles. The molecule has 0 N–H and O–H groups in total. The normalized spacial score (nSPS) is 19.0. The van der Waals surface area contributed by atoms with Crippen LogP contribution in [0.3, 0.4) is 0 Å². The molecule has 132 valence electrons. The third-order valence-electron chi connectivity index (χ3n) is 5.12. The van der Waals surface area contributed by atoms with E-state index in [1.165, 1.54) is 25.7 Å². The van der Waals surface area contributed by atoms with Crippen molar-refractivity contribution in [2.75, 3.05) is 31.1 Å². The van der Waals surface area contributed by atoms with Crippen molar-refractivity contribution in [1.82, 2.24) is 20.0 Å². The minimum absolute atomic E-state index is 0.177. The molecular weight excluding hydrogens is 318 g/mol. The van der Waals surface area contributed by atoms with Gasteiger partial charge in [0.2, 0.25) is 5.91 Å². The number of pyridine rings is 1. The number of rotatable bonds is 4. The number of amides is 1. The lowest BCUT2D eigenvalue weighted by molar-refractivity contribution is -0.131. The van der Waals surface area contributed by atoms with Crippen LogP contribution >= 0.6 is 0 Å². The first-order valence-corrected chi connectivity index (χ1v) is 8.99. The number of aromatic nitrogens is 3. The zero-order chi connectivity index (χ0) is 17.2. The molecule has 3 heterocycles. The number of hydrogen-bond acceptors (Lipinski definition) is 6. The number of nitrogens with zero attached hydrogens (tertiary/aromatic N) is 5. The fraction of sp³-hybridized carbons (Fsp3) is 0.556. The minimum atomic E-state index is 0.177. The molecule has 4 rings (SSSR count). The van der Waals surface area contributed by atoms with Gasteiger partial charge in [-0.1, -0.05) is 18.0 Å². The van der Waals surface area contributed by atoms with Gasteiger partial charge in [0, 0.05) is 25.8 Å². The number of carbonyl (C=O) groups excluding carboxylic acids is 1. The van der Waals surface area contributed by atoms with E-state index in [1.807, 2.05) is 21.9 Å². The molecule has 1 saturated heterocycles. The Bertz CT molecular complexity index is 753. The van der Waals surface area contributed by atoms with Gasteiger partial charge >= 0.3 is 0 Å². The lowest BCUT2D eigenvalue weighted by Gasteiger charge is -2.36. The van der Waals surface area contributed by atoms with Gasteiger partial charge in [0.15, 0.2) is 5.82 Å². The van der Waals surface area contributed by atoms with Crippen LogP contribution in [0, 0.1) is 12.8 Å². The number of aryl methyl sites for hydroxylation is 1. The Balaban J connectivity index is 1.49. The summed E-state index contributed by atoms with van der Waals surface area (Å²) in [5, 5.41) is 3.86. The van der Waals surface area contributed by atoms with Crippen LogP contribution in [0.5, 0.6) is 0 Å². The molecular formula is C18H23N5O2.